The Kier molecular flexibility index (Phi) is 6.83. The lowest BCUT2D eigenvalue weighted by Crippen LogP contribution is -2.47. The van der Waals surface area contributed by atoms with E-state index in [1.54, 1.807) is 13.8 Å². The molecule has 0 bridgehead atoms. The van der Waals surface area contributed by atoms with Crippen LogP contribution in [0.5, 0.6) is 5.75 Å². The van der Waals surface area contributed by atoms with E-state index in [0.717, 1.165) is 18.7 Å². The van der Waals surface area contributed by atoms with Gasteiger partial charge in [-0.1, -0.05) is 38.1 Å². The number of benzene rings is 2. The van der Waals surface area contributed by atoms with E-state index >= 15 is 0 Å². The van der Waals surface area contributed by atoms with Crippen LogP contribution in [-0.4, -0.2) is 31.1 Å². The van der Waals surface area contributed by atoms with Crippen molar-refractivity contribution in [2.24, 2.45) is 5.92 Å². The summed E-state index contributed by atoms with van der Waals surface area (Å²) in [5, 5.41) is 2.94. The highest BCUT2D eigenvalue weighted by Gasteiger charge is 2.29. The van der Waals surface area contributed by atoms with Gasteiger partial charge in [-0.2, -0.15) is 0 Å². The fraction of sp³-hybridized carbons (Fsp3) is 0.480. The van der Waals surface area contributed by atoms with Crippen molar-refractivity contribution < 1.29 is 9.53 Å². The quantitative estimate of drug-likeness (QED) is 0.695. The fourth-order valence-electron chi connectivity index (χ4n) is 3.58. The first kappa shape index (κ1) is 21.2. The van der Waals surface area contributed by atoms with E-state index in [4.69, 9.17) is 4.74 Å². The van der Waals surface area contributed by atoms with E-state index in [2.05, 4.69) is 48.3 Å². The van der Waals surface area contributed by atoms with Crippen molar-refractivity contribution >= 4 is 11.6 Å². The van der Waals surface area contributed by atoms with E-state index in [-0.39, 0.29) is 5.91 Å². The average Bonchev–Trinajstić information content (AvgIpc) is 2.73. The minimum absolute atomic E-state index is 0.0939. The first-order chi connectivity index (χ1) is 13.8. The third-order valence-electron chi connectivity index (χ3n) is 5.37. The zero-order valence-corrected chi connectivity index (χ0v) is 18.2. The molecule has 2 aromatic rings. The van der Waals surface area contributed by atoms with E-state index in [0.29, 0.717) is 18.2 Å². The van der Waals surface area contributed by atoms with E-state index < -0.39 is 5.60 Å². The molecule has 0 aromatic heterocycles. The number of hydrogen-bond donors (Lipinski definition) is 1. The van der Waals surface area contributed by atoms with Crippen LogP contribution < -0.4 is 15.0 Å². The molecule has 1 aliphatic heterocycles. The molecule has 0 unspecified atom stereocenters. The number of hydrogen-bond acceptors (Lipinski definition) is 3. The van der Waals surface area contributed by atoms with Crippen molar-refractivity contribution in [3.05, 3.63) is 48.5 Å². The second-order valence-electron chi connectivity index (χ2n) is 8.84. The highest BCUT2D eigenvalue weighted by Crippen LogP contribution is 2.27. The maximum absolute atomic E-state index is 12.4. The molecule has 1 N–H and O–H groups in total. The summed E-state index contributed by atoms with van der Waals surface area (Å²) in [5.74, 6) is 1.02. The topological polar surface area (TPSA) is 41.6 Å². The Morgan fingerprint density at radius 1 is 0.966 bits per heavy atom. The van der Waals surface area contributed by atoms with Gasteiger partial charge in [0.1, 0.15) is 5.75 Å². The number of carbonyl (C=O) groups excluding carboxylic acids is 1. The average molecular weight is 395 g/mol. The second-order valence-corrected chi connectivity index (χ2v) is 8.84. The molecule has 1 fully saturated rings. The normalized spacial score (nSPS) is 14.7. The molecule has 1 heterocycles. The lowest BCUT2D eigenvalue weighted by Gasteiger charge is -2.28. The summed E-state index contributed by atoms with van der Waals surface area (Å²) in [4.78, 5) is 14.9. The van der Waals surface area contributed by atoms with Crippen LogP contribution in [0, 0.1) is 5.92 Å². The van der Waals surface area contributed by atoms with Crippen LogP contribution in [-0.2, 0) is 4.79 Å². The Hall–Kier alpha value is -2.49. The Labute approximate surface area is 175 Å². The number of nitrogens with zero attached hydrogens (tertiary/aromatic N) is 1. The van der Waals surface area contributed by atoms with Crippen molar-refractivity contribution in [2.45, 2.75) is 52.6 Å². The lowest BCUT2D eigenvalue weighted by molar-refractivity contribution is -0.134. The number of anilines is 1. The van der Waals surface area contributed by atoms with E-state index in [9.17, 15) is 4.79 Å². The molecule has 0 saturated carbocycles. The Morgan fingerprint density at radius 2 is 1.52 bits per heavy atom. The van der Waals surface area contributed by atoms with Crippen molar-refractivity contribution in [3.63, 3.8) is 0 Å². The molecule has 0 radical (unpaired) electrons. The maximum atomic E-state index is 12.4. The second kappa shape index (κ2) is 9.34. The van der Waals surface area contributed by atoms with Crippen LogP contribution in [0.3, 0.4) is 0 Å². The zero-order valence-electron chi connectivity index (χ0n) is 18.2. The van der Waals surface area contributed by atoms with Gasteiger partial charge in [0.2, 0.25) is 0 Å². The van der Waals surface area contributed by atoms with Crippen LogP contribution in [0.15, 0.2) is 48.5 Å². The molecule has 0 atom stereocenters. The van der Waals surface area contributed by atoms with E-state index in [1.807, 2.05) is 24.3 Å². The molecule has 156 valence electrons. The lowest BCUT2D eigenvalue weighted by atomic mass is 10.0. The molecule has 0 aliphatic carbocycles. The van der Waals surface area contributed by atoms with Gasteiger partial charge in [-0.05, 0) is 74.4 Å². The van der Waals surface area contributed by atoms with Gasteiger partial charge in [-0.3, -0.25) is 4.79 Å². The van der Waals surface area contributed by atoms with Gasteiger partial charge in [0.25, 0.3) is 5.91 Å². The predicted molar refractivity (Wildman–Crippen MR) is 120 cm³/mol. The Balaban J connectivity index is 1.63. The first-order valence-electron chi connectivity index (χ1n) is 10.8. The van der Waals surface area contributed by atoms with Gasteiger partial charge in [0.05, 0.1) is 0 Å². The van der Waals surface area contributed by atoms with Crippen LogP contribution in [0.25, 0.3) is 11.1 Å². The molecular formula is C25H34N2O2. The summed E-state index contributed by atoms with van der Waals surface area (Å²) in [6, 6.07) is 16.8. The van der Waals surface area contributed by atoms with Gasteiger partial charge < -0.3 is 15.0 Å². The molecule has 1 saturated heterocycles. The molecular weight excluding hydrogens is 360 g/mol. The predicted octanol–water partition coefficient (Wildman–Crippen LogP) is 5.27. The number of amides is 1. The van der Waals surface area contributed by atoms with Gasteiger partial charge in [-0.25, -0.2) is 0 Å². The summed E-state index contributed by atoms with van der Waals surface area (Å²) in [7, 11) is 0. The number of piperidine rings is 1. The number of ether oxygens (including phenoxy) is 1. The van der Waals surface area contributed by atoms with Gasteiger partial charge >= 0.3 is 0 Å². The molecule has 2 aromatic carbocycles. The molecule has 4 nitrogen and oxygen atoms in total. The summed E-state index contributed by atoms with van der Waals surface area (Å²) < 4.78 is 5.97. The highest BCUT2D eigenvalue weighted by atomic mass is 16.5. The maximum Gasteiger partial charge on any atom is 0.263 e. The molecule has 29 heavy (non-hydrogen) atoms. The van der Waals surface area contributed by atoms with Crippen LogP contribution in [0.4, 0.5) is 5.69 Å². The largest absolute Gasteiger partial charge is 0.478 e. The molecule has 3 rings (SSSR count). The van der Waals surface area contributed by atoms with Crippen molar-refractivity contribution in [1.82, 2.24) is 5.32 Å². The van der Waals surface area contributed by atoms with Crippen LogP contribution in [0.2, 0.25) is 0 Å². The Morgan fingerprint density at radius 3 is 2.07 bits per heavy atom. The SMILES string of the molecule is CC(C)CNC(=O)C(C)(C)Oc1ccc(-c2ccc(N3CCCCC3)cc2)cc1. The molecule has 0 spiro atoms. The van der Waals surface area contributed by atoms with Crippen molar-refractivity contribution in [1.29, 1.82) is 0 Å². The summed E-state index contributed by atoms with van der Waals surface area (Å²) in [6.45, 7) is 10.7. The third kappa shape index (κ3) is 5.75. The van der Waals surface area contributed by atoms with Crippen LogP contribution in [0.1, 0.15) is 47.0 Å². The van der Waals surface area contributed by atoms with E-state index in [1.165, 1.54) is 30.5 Å². The van der Waals surface area contributed by atoms with Crippen molar-refractivity contribution in [2.75, 3.05) is 24.5 Å². The minimum atomic E-state index is -0.910. The highest BCUT2D eigenvalue weighted by molar-refractivity contribution is 5.84. The van der Waals surface area contributed by atoms with Gasteiger partial charge in [-0.15, -0.1) is 0 Å². The summed E-state index contributed by atoms with van der Waals surface area (Å²) in [6.07, 6.45) is 3.92. The number of rotatable bonds is 7. The number of nitrogens with one attached hydrogen (secondary N) is 1. The smallest absolute Gasteiger partial charge is 0.263 e. The molecule has 1 aliphatic rings. The zero-order chi connectivity index (χ0) is 20.9. The standard InChI is InChI=1S/C25H34N2O2/c1-19(2)18-26-24(28)25(3,4)29-23-14-10-21(11-15-23)20-8-12-22(13-9-20)27-16-6-5-7-17-27/h8-15,19H,5-7,16-18H2,1-4H3,(H,26,28). The van der Waals surface area contributed by atoms with Crippen molar-refractivity contribution in [3.8, 4) is 16.9 Å². The minimum Gasteiger partial charge on any atom is -0.478 e. The number of carbonyl (C=O) groups is 1. The fourth-order valence-corrected chi connectivity index (χ4v) is 3.58. The van der Waals surface area contributed by atoms with Gasteiger partial charge in [0, 0.05) is 25.3 Å². The molecule has 4 heteroatoms. The summed E-state index contributed by atoms with van der Waals surface area (Å²) in [5.41, 5.74) is 2.73. The third-order valence-corrected chi connectivity index (χ3v) is 5.37. The Bertz CT molecular complexity index is 789. The van der Waals surface area contributed by atoms with Crippen LogP contribution >= 0.6 is 0 Å². The first-order valence-corrected chi connectivity index (χ1v) is 10.8. The summed E-state index contributed by atoms with van der Waals surface area (Å²) >= 11 is 0. The van der Waals surface area contributed by atoms with Gasteiger partial charge in [0.15, 0.2) is 5.60 Å². The molecule has 1 amide bonds. The monoisotopic (exact) mass is 394 g/mol.